The maximum Gasteiger partial charge on any atom is 0.324 e. The minimum Gasteiger partial charge on any atom is -0.307 e. The van der Waals surface area contributed by atoms with Crippen LogP contribution in [0.5, 0.6) is 0 Å². The van der Waals surface area contributed by atoms with E-state index in [4.69, 9.17) is 11.6 Å². The van der Waals surface area contributed by atoms with Crippen molar-refractivity contribution < 1.29 is 4.79 Å². The van der Waals surface area contributed by atoms with Gasteiger partial charge in [-0.1, -0.05) is 11.6 Å². The van der Waals surface area contributed by atoms with E-state index in [0.29, 0.717) is 16.7 Å². The molecule has 0 aliphatic carbocycles. The standard InChI is InChI=1S/C12H14ClN5O/c1-6-5-14-10(13)4-9(6)15-12(19)16-11-7(2)8(3)17-18-11/h4-5H,1-3H3,(H3,14,15,16,17,18,19). The lowest BCUT2D eigenvalue weighted by Crippen LogP contribution is -2.20. The molecule has 0 aliphatic rings. The molecule has 0 fully saturated rings. The fourth-order valence-corrected chi connectivity index (χ4v) is 1.66. The Morgan fingerprint density at radius 2 is 2.05 bits per heavy atom. The first kappa shape index (κ1) is 13.4. The third-order valence-electron chi connectivity index (χ3n) is 2.80. The van der Waals surface area contributed by atoms with Gasteiger partial charge in [-0.15, -0.1) is 0 Å². The van der Waals surface area contributed by atoms with Gasteiger partial charge in [0.15, 0.2) is 5.82 Å². The highest BCUT2D eigenvalue weighted by Gasteiger charge is 2.10. The molecule has 0 atom stereocenters. The molecule has 0 aliphatic heterocycles. The SMILES string of the molecule is Cc1cnc(Cl)cc1NC(=O)Nc1n[nH]c(C)c1C. The highest BCUT2D eigenvalue weighted by molar-refractivity contribution is 6.29. The molecular formula is C12H14ClN5O. The third-order valence-corrected chi connectivity index (χ3v) is 3.01. The Balaban J connectivity index is 2.09. The van der Waals surface area contributed by atoms with Crippen molar-refractivity contribution in [2.24, 2.45) is 0 Å². The predicted molar refractivity (Wildman–Crippen MR) is 74.7 cm³/mol. The number of aromatic nitrogens is 3. The number of hydrogen-bond donors (Lipinski definition) is 3. The highest BCUT2D eigenvalue weighted by atomic mass is 35.5. The fourth-order valence-electron chi connectivity index (χ4n) is 1.50. The first-order chi connectivity index (χ1) is 8.97. The van der Waals surface area contributed by atoms with Gasteiger partial charge in [0.05, 0.1) is 0 Å². The van der Waals surface area contributed by atoms with Gasteiger partial charge in [0.1, 0.15) is 5.15 Å². The summed E-state index contributed by atoms with van der Waals surface area (Å²) in [7, 11) is 0. The molecule has 0 unspecified atom stereocenters. The Morgan fingerprint density at radius 1 is 1.32 bits per heavy atom. The van der Waals surface area contributed by atoms with Gasteiger partial charge in [-0.25, -0.2) is 9.78 Å². The summed E-state index contributed by atoms with van der Waals surface area (Å²) in [5, 5.41) is 12.5. The third kappa shape index (κ3) is 3.03. The number of nitrogens with zero attached hydrogens (tertiary/aromatic N) is 2. The van der Waals surface area contributed by atoms with Crippen molar-refractivity contribution in [2.45, 2.75) is 20.8 Å². The van der Waals surface area contributed by atoms with Crippen molar-refractivity contribution in [2.75, 3.05) is 10.6 Å². The van der Waals surface area contributed by atoms with Crippen LogP contribution in [0, 0.1) is 20.8 Å². The molecule has 7 heteroatoms. The summed E-state index contributed by atoms with van der Waals surface area (Å²) in [6, 6.07) is 1.22. The molecule has 100 valence electrons. The molecule has 2 amide bonds. The minimum atomic E-state index is -0.375. The number of H-pyrrole nitrogens is 1. The predicted octanol–water partition coefficient (Wildman–Crippen LogP) is 3.03. The van der Waals surface area contributed by atoms with E-state index >= 15 is 0 Å². The number of urea groups is 1. The number of aromatic amines is 1. The molecule has 3 N–H and O–H groups in total. The van der Waals surface area contributed by atoms with E-state index in [0.717, 1.165) is 16.8 Å². The van der Waals surface area contributed by atoms with Crippen LogP contribution in [-0.2, 0) is 0 Å². The summed E-state index contributed by atoms with van der Waals surface area (Å²) >= 11 is 5.79. The van der Waals surface area contributed by atoms with E-state index in [-0.39, 0.29) is 6.03 Å². The van der Waals surface area contributed by atoms with Crippen LogP contribution in [0.25, 0.3) is 0 Å². The smallest absolute Gasteiger partial charge is 0.307 e. The Hall–Kier alpha value is -2.08. The highest BCUT2D eigenvalue weighted by Crippen LogP contribution is 2.18. The van der Waals surface area contributed by atoms with E-state index in [1.807, 2.05) is 20.8 Å². The number of carbonyl (C=O) groups is 1. The zero-order valence-corrected chi connectivity index (χ0v) is 11.6. The van der Waals surface area contributed by atoms with Gasteiger partial charge < -0.3 is 5.32 Å². The van der Waals surface area contributed by atoms with Gasteiger partial charge in [0.2, 0.25) is 0 Å². The molecule has 0 saturated heterocycles. The summed E-state index contributed by atoms with van der Waals surface area (Å²) in [4.78, 5) is 15.8. The van der Waals surface area contributed by atoms with Crippen LogP contribution in [0.1, 0.15) is 16.8 Å². The maximum atomic E-state index is 11.9. The number of amides is 2. The van der Waals surface area contributed by atoms with Crippen LogP contribution in [0.3, 0.4) is 0 Å². The van der Waals surface area contributed by atoms with Crippen molar-refractivity contribution in [3.63, 3.8) is 0 Å². The van der Waals surface area contributed by atoms with E-state index in [2.05, 4.69) is 25.8 Å². The van der Waals surface area contributed by atoms with E-state index < -0.39 is 0 Å². The first-order valence-corrected chi connectivity index (χ1v) is 6.07. The molecule has 2 heterocycles. The summed E-state index contributed by atoms with van der Waals surface area (Å²) < 4.78 is 0. The number of carbonyl (C=O) groups excluding carboxylic acids is 1. The summed E-state index contributed by atoms with van der Waals surface area (Å²) in [5.41, 5.74) is 3.26. The number of halogens is 1. The number of hydrogen-bond acceptors (Lipinski definition) is 3. The second-order valence-corrected chi connectivity index (χ2v) is 4.61. The zero-order chi connectivity index (χ0) is 14.0. The zero-order valence-electron chi connectivity index (χ0n) is 10.8. The van der Waals surface area contributed by atoms with Crippen molar-refractivity contribution >= 4 is 29.1 Å². The molecule has 2 aromatic rings. The van der Waals surface area contributed by atoms with Crippen LogP contribution in [0.15, 0.2) is 12.3 Å². The Labute approximate surface area is 115 Å². The van der Waals surface area contributed by atoms with Gasteiger partial charge in [-0.2, -0.15) is 5.10 Å². The van der Waals surface area contributed by atoms with E-state index in [1.165, 1.54) is 0 Å². The maximum absolute atomic E-state index is 11.9. The van der Waals surface area contributed by atoms with Gasteiger partial charge >= 0.3 is 6.03 Å². The fraction of sp³-hybridized carbons (Fsp3) is 0.250. The number of aryl methyl sites for hydroxylation is 2. The monoisotopic (exact) mass is 279 g/mol. The largest absolute Gasteiger partial charge is 0.324 e. The molecular weight excluding hydrogens is 266 g/mol. The van der Waals surface area contributed by atoms with Crippen LogP contribution in [-0.4, -0.2) is 21.2 Å². The average molecular weight is 280 g/mol. The number of pyridine rings is 1. The molecule has 19 heavy (non-hydrogen) atoms. The lowest BCUT2D eigenvalue weighted by Gasteiger charge is -2.09. The second-order valence-electron chi connectivity index (χ2n) is 4.22. The summed E-state index contributed by atoms with van der Waals surface area (Å²) in [5.74, 6) is 0.507. The normalized spacial score (nSPS) is 10.3. The Morgan fingerprint density at radius 3 is 2.68 bits per heavy atom. The van der Waals surface area contributed by atoms with E-state index in [1.54, 1.807) is 12.3 Å². The number of anilines is 2. The van der Waals surface area contributed by atoms with Crippen molar-refractivity contribution in [3.8, 4) is 0 Å². The quantitative estimate of drug-likeness (QED) is 0.739. The topological polar surface area (TPSA) is 82.7 Å². The van der Waals surface area contributed by atoms with Gasteiger partial charge in [-0.3, -0.25) is 10.4 Å². The molecule has 0 bridgehead atoms. The lowest BCUT2D eigenvalue weighted by molar-refractivity contribution is 0.262. The Bertz CT molecular complexity index is 623. The van der Waals surface area contributed by atoms with Crippen LogP contribution in [0.4, 0.5) is 16.3 Å². The molecule has 2 rings (SSSR count). The average Bonchev–Trinajstić information content (AvgIpc) is 2.66. The van der Waals surface area contributed by atoms with Crippen molar-refractivity contribution in [1.82, 2.24) is 15.2 Å². The van der Waals surface area contributed by atoms with Crippen LogP contribution >= 0.6 is 11.6 Å². The molecule has 6 nitrogen and oxygen atoms in total. The summed E-state index contributed by atoms with van der Waals surface area (Å²) in [6.45, 7) is 5.60. The second kappa shape index (κ2) is 5.27. The van der Waals surface area contributed by atoms with Gasteiger partial charge in [-0.05, 0) is 32.4 Å². The molecule has 0 saturated carbocycles. The minimum absolute atomic E-state index is 0.327. The summed E-state index contributed by atoms with van der Waals surface area (Å²) in [6.07, 6.45) is 1.60. The molecule has 2 aromatic heterocycles. The molecule has 0 aromatic carbocycles. The van der Waals surface area contributed by atoms with Crippen molar-refractivity contribution in [1.29, 1.82) is 0 Å². The number of rotatable bonds is 2. The Kier molecular flexibility index (Phi) is 3.71. The molecule has 0 radical (unpaired) electrons. The lowest BCUT2D eigenvalue weighted by atomic mass is 10.2. The van der Waals surface area contributed by atoms with Crippen LogP contribution < -0.4 is 10.6 Å². The number of nitrogens with one attached hydrogen (secondary N) is 3. The van der Waals surface area contributed by atoms with E-state index in [9.17, 15) is 4.79 Å². The van der Waals surface area contributed by atoms with Gasteiger partial charge in [0.25, 0.3) is 0 Å². The van der Waals surface area contributed by atoms with Crippen LogP contribution in [0.2, 0.25) is 5.15 Å². The van der Waals surface area contributed by atoms with Gasteiger partial charge in [0, 0.05) is 23.1 Å². The van der Waals surface area contributed by atoms with Crippen molar-refractivity contribution in [3.05, 3.63) is 34.2 Å². The first-order valence-electron chi connectivity index (χ1n) is 5.69. The molecule has 0 spiro atoms.